The van der Waals surface area contributed by atoms with E-state index in [0.717, 1.165) is 13.0 Å². The van der Waals surface area contributed by atoms with E-state index in [1.807, 2.05) is 13.8 Å². The van der Waals surface area contributed by atoms with Crippen molar-refractivity contribution in [2.45, 2.75) is 26.3 Å². The Morgan fingerprint density at radius 2 is 2.19 bits per heavy atom. The molecule has 92 valence electrons. The summed E-state index contributed by atoms with van der Waals surface area (Å²) in [6, 6.07) is -0.131. The van der Waals surface area contributed by atoms with Crippen molar-refractivity contribution in [1.29, 1.82) is 0 Å². The minimum absolute atomic E-state index is 0.0150. The second-order valence-electron chi connectivity index (χ2n) is 4.94. The summed E-state index contributed by atoms with van der Waals surface area (Å²) >= 11 is 0. The minimum atomic E-state index is -0.490. The number of nitrogens with one attached hydrogen (secondary N) is 2. The molecule has 0 saturated carbocycles. The lowest BCUT2D eigenvalue weighted by atomic mass is 9.92. The van der Waals surface area contributed by atoms with Crippen LogP contribution >= 0.6 is 0 Å². The fourth-order valence-corrected chi connectivity index (χ4v) is 1.81. The Hall–Kier alpha value is -1.10. The van der Waals surface area contributed by atoms with Crippen LogP contribution in [-0.2, 0) is 9.59 Å². The molecule has 1 fully saturated rings. The second-order valence-corrected chi connectivity index (χ2v) is 4.94. The Morgan fingerprint density at radius 3 is 2.62 bits per heavy atom. The number of likely N-dealkylation sites (N-methyl/N-ethyl adjacent to an activating group) is 1. The van der Waals surface area contributed by atoms with Crippen molar-refractivity contribution < 1.29 is 9.59 Å². The van der Waals surface area contributed by atoms with Crippen molar-refractivity contribution in [2.75, 3.05) is 27.2 Å². The Labute approximate surface area is 96.6 Å². The van der Waals surface area contributed by atoms with E-state index in [1.54, 1.807) is 19.0 Å². The van der Waals surface area contributed by atoms with Crippen molar-refractivity contribution >= 4 is 11.8 Å². The summed E-state index contributed by atoms with van der Waals surface area (Å²) in [7, 11) is 3.42. The first-order valence-corrected chi connectivity index (χ1v) is 5.59. The first-order valence-electron chi connectivity index (χ1n) is 5.59. The van der Waals surface area contributed by atoms with Crippen molar-refractivity contribution in [3.05, 3.63) is 0 Å². The summed E-state index contributed by atoms with van der Waals surface area (Å²) in [5.41, 5.74) is -0.490. The van der Waals surface area contributed by atoms with Gasteiger partial charge in [-0.05, 0) is 20.3 Å². The number of amides is 2. The molecule has 0 aromatic heterocycles. The van der Waals surface area contributed by atoms with Crippen LogP contribution in [0.5, 0.6) is 0 Å². The number of carbonyl (C=O) groups is 2. The molecule has 0 aromatic carbocycles. The molecule has 5 nitrogen and oxygen atoms in total. The third kappa shape index (κ3) is 2.72. The monoisotopic (exact) mass is 227 g/mol. The van der Waals surface area contributed by atoms with E-state index in [9.17, 15) is 9.59 Å². The summed E-state index contributed by atoms with van der Waals surface area (Å²) in [5.74, 6) is 0.103. The topological polar surface area (TPSA) is 61.4 Å². The molecule has 1 rings (SSSR count). The van der Waals surface area contributed by atoms with Crippen molar-refractivity contribution in [3.63, 3.8) is 0 Å². The van der Waals surface area contributed by atoms with Crippen molar-refractivity contribution in [3.8, 4) is 0 Å². The summed E-state index contributed by atoms with van der Waals surface area (Å²) < 4.78 is 0. The molecular formula is C11H21N3O2. The van der Waals surface area contributed by atoms with Crippen LogP contribution in [0.15, 0.2) is 0 Å². The maximum Gasteiger partial charge on any atom is 0.239 e. The van der Waals surface area contributed by atoms with E-state index < -0.39 is 5.41 Å². The highest BCUT2D eigenvalue weighted by Crippen LogP contribution is 2.15. The molecule has 16 heavy (non-hydrogen) atoms. The maximum atomic E-state index is 11.6. The van der Waals surface area contributed by atoms with Gasteiger partial charge in [0.25, 0.3) is 0 Å². The molecule has 1 atom stereocenters. The van der Waals surface area contributed by atoms with Crippen LogP contribution in [0.2, 0.25) is 0 Å². The molecule has 0 radical (unpaired) electrons. The highest BCUT2D eigenvalue weighted by Gasteiger charge is 2.32. The van der Waals surface area contributed by atoms with Gasteiger partial charge < -0.3 is 15.5 Å². The quantitative estimate of drug-likeness (QED) is 0.685. The van der Waals surface area contributed by atoms with Crippen LogP contribution in [0.1, 0.15) is 20.3 Å². The third-order valence-electron chi connectivity index (χ3n) is 3.06. The van der Waals surface area contributed by atoms with E-state index in [-0.39, 0.29) is 17.9 Å². The minimum Gasteiger partial charge on any atom is -0.359 e. The van der Waals surface area contributed by atoms with E-state index >= 15 is 0 Å². The van der Waals surface area contributed by atoms with Crippen LogP contribution in [0.4, 0.5) is 0 Å². The highest BCUT2D eigenvalue weighted by atomic mass is 16.2. The van der Waals surface area contributed by atoms with Gasteiger partial charge in [0.1, 0.15) is 0 Å². The lowest BCUT2D eigenvalue weighted by Gasteiger charge is -2.24. The van der Waals surface area contributed by atoms with E-state index in [0.29, 0.717) is 6.54 Å². The molecule has 0 bridgehead atoms. The van der Waals surface area contributed by atoms with Gasteiger partial charge in [-0.25, -0.2) is 0 Å². The fraction of sp³-hybridized carbons (Fsp3) is 0.818. The number of hydrogen-bond donors (Lipinski definition) is 2. The van der Waals surface area contributed by atoms with Gasteiger partial charge in [0.05, 0.1) is 11.5 Å². The molecular weight excluding hydrogens is 206 g/mol. The van der Waals surface area contributed by atoms with Gasteiger partial charge in [0.15, 0.2) is 0 Å². The molecule has 1 unspecified atom stereocenters. The van der Waals surface area contributed by atoms with E-state index in [4.69, 9.17) is 0 Å². The predicted octanol–water partition coefficient (Wildman–Crippen LogP) is -0.421. The number of rotatable bonds is 4. The normalized spacial score (nSPS) is 21.4. The summed E-state index contributed by atoms with van der Waals surface area (Å²) in [5, 5.41) is 5.79. The van der Waals surface area contributed by atoms with E-state index in [1.165, 1.54) is 0 Å². The highest BCUT2D eigenvalue weighted by molar-refractivity contribution is 5.84. The fourth-order valence-electron chi connectivity index (χ4n) is 1.81. The Kier molecular flexibility index (Phi) is 3.91. The largest absolute Gasteiger partial charge is 0.359 e. The van der Waals surface area contributed by atoms with Gasteiger partial charge in [0, 0.05) is 27.2 Å². The summed E-state index contributed by atoms with van der Waals surface area (Å²) in [6.45, 7) is 5.03. The SMILES string of the molecule is CNC(=O)C(C)(C)CNC1CCN(C)C1=O. The molecule has 1 saturated heterocycles. The van der Waals surface area contributed by atoms with Crippen LogP contribution < -0.4 is 10.6 Å². The Morgan fingerprint density at radius 1 is 1.56 bits per heavy atom. The van der Waals surface area contributed by atoms with Gasteiger partial charge in [-0.15, -0.1) is 0 Å². The van der Waals surface area contributed by atoms with Crippen LogP contribution in [-0.4, -0.2) is 49.9 Å². The molecule has 1 aliphatic heterocycles. The van der Waals surface area contributed by atoms with Gasteiger partial charge in [0.2, 0.25) is 11.8 Å². The Balaban J connectivity index is 2.46. The molecule has 0 aromatic rings. The summed E-state index contributed by atoms with van der Waals surface area (Å²) in [6.07, 6.45) is 0.819. The Bertz CT molecular complexity index is 289. The van der Waals surface area contributed by atoms with Gasteiger partial charge in [-0.1, -0.05) is 0 Å². The summed E-state index contributed by atoms with van der Waals surface area (Å²) in [4.78, 5) is 24.9. The average Bonchev–Trinajstić information content (AvgIpc) is 2.56. The van der Waals surface area contributed by atoms with Gasteiger partial charge in [-0.2, -0.15) is 0 Å². The average molecular weight is 227 g/mol. The first kappa shape index (κ1) is 13.0. The molecule has 1 aliphatic rings. The molecule has 5 heteroatoms. The molecule has 2 N–H and O–H groups in total. The van der Waals surface area contributed by atoms with Gasteiger partial charge >= 0.3 is 0 Å². The first-order chi connectivity index (χ1) is 7.38. The predicted molar refractivity (Wildman–Crippen MR) is 61.9 cm³/mol. The lowest BCUT2D eigenvalue weighted by Crippen LogP contribution is -2.47. The second kappa shape index (κ2) is 4.82. The molecule has 0 aliphatic carbocycles. The maximum absolute atomic E-state index is 11.6. The molecule has 1 heterocycles. The number of likely N-dealkylation sites (tertiary alicyclic amines) is 1. The number of nitrogens with zero attached hydrogens (tertiary/aromatic N) is 1. The zero-order valence-electron chi connectivity index (χ0n) is 10.5. The number of hydrogen-bond acceptors (Lipinski definition) is 3. The third-order valence-corrected chi connectivity index (χ3v) is 3.06. The number of carbonyl (C=O) groups excluding carboxylic acids is 2. The standard InChI is InChI=1S/C11H21N3O2/c1-11(2,10(16)12-3)7-13-8-5-6-14(4)9(8)15/h8,13H,5-7H2,1-4H3,(H,12,16). The van der Waals surface area contributed by atoms with Crippen LogP contribution in [0.25, 0.3) is 0 Å². The molecule has 0 spiro atoms. The smallest absolute Gasteiger partial charge is 0.239 e. The van der Waals surface area contributed by atoms with Crippen LogP contribution in [0, 0.1) is 5.41 Å². The molecule has 2 amide bonds. The van der Waals surface area contributed by atoms with Gasteiger partial charge in [-0.3, -0.25) is 9.59 Å². The zero-order chi connectivity index (χ0) is 12.3. The lowest BCUT2D eigenvalue weighted by molar-refractivity contribution is -0.131. The zero-order valence-corrected chi connectivity index (χ0v) is 10.5. The van der Waals surface area contributed by atoms with Crippen molar-refractivity contribution in [2.24, 2.45) is 5.41 Å². The van der Waals surface area contributed by atoms with E-state index in [2.05, 4.69) is 10.6 Å². The van der Waals surface area contributed by atoms with Crippen molar-refractivity contribution in [1.82, 2.24) is 15.5 Å². The van der Waals surface area contributed by atoms with Crippen LogP contribution in [0.3, 0.4) is 0 Å².